The molecule has 0 heterocycles. The number of ketones is 1. The van der Waals surface area contributed by atoms with Crippen molar-refractivity contribution < 1.29 is 18.7 Å². The minimum Gasteiger partial charge on any atom is -0.493 e. The summed E-state index contributed by atoms with van der Waals surface area (Å²) in [6.07, 6.45) is 2.84. The molecule has 2 rings (SSSR count). The average Bonchev–Trinajstić information content (AvgIpc) is 2.73. The van der Waals surface area contributed by atoms with Crippen molar-refractivity contribution in [3.05, 3.63) is 72.6 Å². The molecule has 0 saturated heterocycles. The van der Waals surface area contributed by atoms with E-state index >= 15 is 0 Å². The van der Waals surface area contributed by atoms with Gasteiger partial charge in [-0.1, -0.05) is 18.2 Å². The number of rotatable bonds is 10. The molecule has 5 heteroatoms. The molecule has 0 saturated carbocycles. The first-order valence-electron chi connectivity index (χ1n) is 9.24. The molecule has 0 aliphatic heterocycles. The molecule has 1 unspecified atom stereocenters. The first kappa shape index (κ1) is 23.4. The highest BCUT2D eigenvalue weighted by atomic mass is 19.1. The van der Waals surface area contributed by atoms with E-state index < -0.39 is 0 Å². The molecule has 1 atom stereocenters. The maximum absolute atomic E-state index is 12.9. The predicted molar refractivity (Wildman–Crippen MR) is 111 cm³/mol. The number of carbonyl (C=O) groups excluding carboxylic acids is 1. The van der Waals surface area contributed by atoms with Crippen LogP contribution in [0.15, 0.2) is 55.6 Å². The summed E-state index contributed by atoms with van der Waals surface area (Å²) in [6.45, 7) is 6.00. The van der Waals surface area contributed by atoms with Crippen LogP contribution in [0.5, 0.6) is 11.5 Å². The summed E-state index contributed by atoms with van der Waals surface area (Å²) in [5.41, 5.74) is 8.19. The molecule has 4 nitrogen and oxygen atoms in total. The largest absolute Gasteiger partial charge is 0.493 e. The quantitative estimate of drug-likeness (QED) is 0.610. The number of hydrogen-bond donors (Lipinski definition) is 1. The zero-order chi connectivity index (χ0) is 20.9. The number of halogens is 1. The van der Waals surface area contributed by atoms with Crippen molar-refractivity contribution in [2.75, 3.05) is 14.2 Å². The van der Waals surface area contributed by atoms with E-state index in [2.05, 4.69) is 13.2 Å². The van der Waals surface area contributed by atoms with Crippen LogP contribution in [0.25, 0.3) is 0 Å². The molecule has 0 amide bonds. The number of methoxy groups -OCH3 is 2. The van der Waals surface area contributed by atoms with Crippen molar-refractivity contribution in [3.63, 3.8) is 0 Å². The Morgan fingerprint density at radius 3 is 2.21 bits per heavy atom. The van der Waals surface area contributed by atoms with Gasteiger partial charge in [-0.15, -0.1) is 13.2 Å². The van der Waals surface area contributed by atoms with Crippen molar-refractivity contribution in [2.24, 2.45) is 5.73 Å². The maximum atomic E-state index is 12.9. The van der Waals surface area contributed by atoms with E-state index in [4.69, 9.17) is 15.2 Å². The van der Waals surface area contributed by atoms with Gasteiger partial charge in [0.1, 0.15) is 11.6 Å². The monoisotopic (exact) mass is 387 g/mol. The van der Waals surface area contributed by atoms with Crippen LogP contribution < -0.4 is 15.2 Å². The fraction of sp³-hybridized carbons (Fsp3) is 0.348. The Bertz CT molecular complexity index is 731. The Morgan fingerprint density at radius 2 is 1.61 bits per heavy atom. The second-order valence-electron chi connectivity index (χ2n) is 6.36. The maximum Gasteiger partial charge on any atom is 0.160 e. The third-order valence-corrected chi connectivity index (χ3v) is 4.35. The van der Waals surface area contributed by atoms with E-state index in [1.54, 1.807) is 26.4 Å². The van der Waals surface area contributed by atoms with Gasteiger partial charge in [-0.25, -0.2) is 4.39 Å². The normalized spacial score (nSPS) is 11.1. The van der Waals surface area contributed by atoms with Crippen LogP contribution in [0.2, 0.25) is 0 Å². The van der Waals surface area contributed by atoms with Crippen LogP contribution in [0.4, 0.5) is 4.39 Å². The molecule has 0 aliphatic rings. The summed E-state index contributed by atoms with van der Waals surface area (Å²) < 4.78 is 23.4. The number of hydrogen-bond acceptors (Lipinski definition) is 4. The minimum absolute atomic E-state index is 0.0946. The highest BCUT2D eigenvalue weighted by molar-refractivity contribution is 5.78. The number of Topliss-reactive ketones (excluding diaryl/α,β-unsaturated/α-hetero) is 1. The van der Waals surface area contributed by atoms with Gasteiger partial charge in [0.05, 0.1) is 14.2 Å². The molecule has 0 radical (unpaired) electrons. The molecule has 0 spiro atoms. The number of ether oxygens (including phenoxy) is 2. The second kappa shape index (κ2) is 12.7. The van der Waals surface area contributed by atoms with Crippen molar-refractivity contribution in [1.82, 2.24) is 0 Å². The van der Waals surface area contributed by atoms with E-state index in [1.165, 1.54) is 12.1 Å². The molecule has 2 aromatic rings. The number of carbonyl (C=O) groups is 1. The Balaban J connectivity index is 0.00000190. The summed E-state index contributed by atoms with van der Waals surface area (Å²) in [5, 5.41) is 0. The molecule has 28 heavy (non-hydrogen) atoms. The Kier molecular flexibility index (Phi) is 10.6. The van der Waals surface area contributed by atoms with Gasteiger partial charge in [-0.3, -0.25) is 4.79 Å². The van der Waals surface area contributed by atoms with Crippen molar-refractivity contribution in [1.29, 1.82) is 0 Å². The van der Waals surface area contributed by atoms with Gasteiger partial charge in [0.25, 0.3) is 0 Å². The lowest BCUT2D eigenvalue weighted by Crippen LogP contribution is -2.24. The van der Waals surface area contributed by atoms with Gasteiger partial charge in [-0.05, 0) is 54.7 Å². The smallest absolute Gasteiger partial charge is 0.160 e. The molecule has 0 aromatic heterocycles. The van der Waals surface area contributed by atoms with Crippen molar-refractivity contribution in [3.8, 4) is 11.5 Å². The van der Waals surface area contributed by atoms with Gasteiger partial charge in [0.15, 0.2) is 11.5 Å². The third-order valence-electron chi connectivity index (χ3n) is 4.35. The van der Waals surface area contributed by atoms with E-state index in [0.717, 1.165) is 11.1 Å². The van der Waals surface area contributed by atoms with Crippen LogP contribution >= 0.6 is 0 Å². The van der Waals surface area contributed by atoms with Gasteiger partial charge in [0, 0.05) is 18.9 Å². The Hall–Kier alpha value is -2.66. The highest BCUT2D eigenvalue weighted by Gasteiger charge is 2.11. The summed E-state index contributed by atoms with van der Waals surface area (Å²) in [6, 6.07) is 11.9. The zero-order valence-electron chi connectivity index (χ0n) is 16.7. The van der Waals surface area contributed by atoms with Gasteiger partial charge in [-0.2, -0.15) is 0 Å². The third kappa shape index (κ3) is 7.92. The zero-order valence-corrected chi connectivity index (χ0v) is 16.7. The standard InChI is InChI=1S/C21H26FNO3.C2H4/c1-25-20-12-6-16(14-21(20)26-2)13-18(23)9-11-19(24)10-5-15-3-7-17(22)8-4-15;1-2/h3-4,6-8,12,14,18H,5,9-11,13,23H2,1-2H3;1-2H2. The number of benzene rings is 2. The summed E-state index contributed by atoms with van der Waals surface area (Å²) >= 11 is 0. The fourth-order valence-electron chi connectivity index (χ4n) is 2.82. The molecule has 2 aromatic carbocycles. The van der Waals surface area contributed by atoms with E-state index in [9.17, 15) is 9.18 Å². The fourth-order valence-corrected chi connectivity index (χ4v) is 2.82. The Labute approximate surface area is 167 Å². The van der Waals surface area contributed by atoms with Crippen LogP contribution in [0.3, 0.4) is 0 Å². The van der Waals surface area contributed by atoms with Crippen LogP contribution in [0.1, 0.15) is 30.4 Å². The SMILES string of the molecule is C=C.COc1ccc(CC(N)CCC(=O)CCc2ccc(F)cc2)cc1OC. The summed E-state index contributed by atoms with van der Waals surface area (Å²) in [5.74, 6) is 1.27. The molecule has 2 N–H and O–H groups in total. The molecule has 0 fully saturated rings. The van der Waals surface area contributed by atoms with Crippen LogP contribution in [-0.2, 0) is 17.6 Å². The summed E-state index contributed by atoms with van der Waals surface area (Å²) in [4.78, 5) is 12.1. The lowest BCUT2D eigenvalue weighted by atomic mass is 9.99. The molecule has 152 valence electrons. The number of aryl methyl sites for hydroxylation is 1. The van der Waals surface area contributed by atoms with E-state index in [0.29, 0.717) is 43.6 Å². The van der Waals surface area contributed by atoms with Crippen LogP contribution in [-0.4, -0.2) is 26.0 Å². The van der Waals surface area contributed by atoms with E-state index in [-0.39, 0.29) is 17.6 Å². The van der Waals surface area contributed by atoms with Gasteiger partial charge >= 0.3 is 0 Å². The number of nitrogens with two attached hydrogens (primary N) is 1. The molecule has 0 bridgehead atoms. The first-order chi connectivity index (χ1) is 13.5. The van der Waals surface area contributed by atoms with Crippen molar-refractivity contribution in [2.45, 2.75) is 38.1 Å². The first-order valence-corrected chi connectivity index (χ1v) is 9.24. The average molecular weight is 387 g/mol. The second-order valence-corrected chi connectivity index (χ2v) is 6.36. The minimum atomic E-state index is -0.263. The summed E-state index contributed by atoms with van der Waals surface area (Å²) in [7, 11) is 3.20. The van der Waals surface area contributed by atoms with Gasteiger partial charge in [0.2, 0.25) is 0 Å². The molecule has 0 aliphatic carbocycles. The van der Waals surface area contributed by atoms with Crippen LogP contribution in [0, 0.1) is 5.82 Å². The van der Waals surface area contributed by atoms with Gasteiger partial charge < -0.3 is 15.2 Å². The molecular weight excluding hydrogens is 357 g/mol. The lowest BCUT2D eigenvalue weighted by molar-refractivity contribution is -0.119. The highest BCUT2D eigenvalue weighted by Crippen LogP contribution is 2.28. The van der Waals surface area contributed by atoms with E-state index in [1.807, 2.05) is 18.2 Å². The topological polar surface area (TPSA) is 61.5 Å². The Morgan fingerprint density at radius 1 is 1.00 bits per heavy atom. The van der Waals surface area contributed by atoms with Crippen molar-refractivity contribution >= 4 is 5.78 Å². The predicted octanol–water partition coefficient (Wildman–Crippen LogP) is 4.50. The molecular formula is C23H30FNO3. The lowest BCUT2D eigenvalue weighted by Gasteiger charge is -2.13.